The minimum atomic E-state index is 0.100. The Labute approximate surface area is 107 Å². The lowest BCUT2D eigenvalue weighted by atomic mass is 10.1. The number of pyridine rings is 1. The van der Waals surface area contributed by atoms with Crippen LogP contribution in [0.5, 0.6) is 0 Å². The second kappa shape index (κ2) is 4.84. The molecule has 96 valence electrons. The van der Waals surface area contributed by atoms with Gasteiger partial charge in [-0.25, -0.2) is 0 Å². The van der Waals surface area contributed by atoms with E-state index in [4.69, 9.17) is 0 Å². The van der Waals surface area contributed by atoms with E-state index in [1.54, 1.807) is 6.07 Å². The van der Waals surface area contributed by atoms with Gasteiger partial charge < -0.3 is 9.88 Å². The number of hydrogen-bond donors (Lipinski definition) is 1. The molecule has 0 spiro atoms. The van der Waals surface area contributed by atoms with Crippen LogP contribution >= 0.6 is 0 Å². The van der Waals surface area contributed by atoms with E-state index < -0.39 is 0 Å². The van der Waals surface area contributed by atoms with Crippen LogP contribution in [0.2, 0.25) is 0 Å². The molecule has 18 heavy (non-hydrogen) atoms. The number of nitrogens with one attached hydrogen (secondary N) is 1. The average Bonchev–Trinajstić information content (AvgIpc) is 2.27. The Morgan fingerprint density at radius 1 is 1.22 bits per heavy atom. The van der Waals surface area contributed by atoms with Gasteiger partial charge in [-0.1, -0.05) is 13.8 Å². The number of benzene rings is 1. The molecule has 3 heteroatoms. The van der Waals surface area contributed by atoms with E-state index in [9.17, 15) is 4.79 Å². The molecule has 0 atom stereocenters. The minimum Gasteiger partial charge on any atom is -0.378 e. The van der Waals surface area contributed by atoms with Gasteiger partial charge in [0.1, 0.15) is 0 Å². The van der Waals surface area contributed by atoms with Crippen molar-refractivity contribution < 1.29 is 0 Å². The highest BCUT2D eigenvalue weighted by atomic mass is 16.1. The topological polar surface area (TPSA) is 36.1 Å². The van der Waals surface area contributed by atoms with Crippen LogP contribution in [0.4, 0.5) is 5.69 Å². The monoisotopic (exact) mass is 244 g/mol. The summed E-state index contributed by atoms with van der Waals surface area (Å²) in [5.41, 5.74) is 3.08. The first-order valence-electron chi connectivity index (χ1n) is 6.30. The van der Waals surface area contributed by atoms with Crippen molar-refractivity contribution in [2.45, 2.75) is 20.3 Å². The van der Waals surface area contributed by atoms with Gasteiger partial charge in [-0.3, -0.25) is 4.79 Å². The van der Waals surface area contributed by atoms with Gasteiger partial charge in [-0.2, -0.15) is 0 Å². The zero-order valence-electron chi connectivity index (χ0n) is 11.4. The van der Waals surface area contributed by atoms with Gasteiger partial charge in [0.25, 0.3) is 0 Å². The van der Waals surface area contributed by atoms with Gasteiger partial charge in [0.05, 0.1) is 0 Å². The Bertz CT molecular complexity index is 611. The lowest BCUT2D eigenvalue weighted by Crippen LogP contribution is -2.11. The largest absolute Gasteiger partial charge is 0.378 e. The third kappa shape index (κ3) is 2.55. The molecule has 2 aromatic rings. The Morgan fingerprint density at radius 2 is 1.94 bits per heavy atom. The predicted octanol–water partition coefficient (Wildman–Crippen LogP) is 2.79. The summed E-state index contributed by atoms with van der Waals surface area (Å²) in [6.07, 6.45) is 0.903. The van der Waals surface area contributed by atoms with Crippen molar-refractivity contribution >= 4 is 16.6 Å². The quantitative estimate of drug-likeness (QED) is 0.901. The summed E-state index contributed by atoms with van der Waals surface area (Å²) in [7, 11) is 3.95. The van der Waals surface area contributed by atoms with Crippen LogP contribution in [0.3, 0.4) is 0 Å². The van der Waals surface area contributed by atoms with Crippen molar-refractivity contribution in [1.29, 1.82) is 0 Å². The summed E-state index contributed by atoms with van der Waals surface area (Å²) >= 11 is 0. The maximum Gasteiger partial charge on any atom is 0.189 e. The lowest BCUT2D eigenvalue weighted by Gasteiger charge is -2.13. The molecule has 3 nitrogen and oxygen atoms in total. The van der Waals surface area contributed by atoms with Crippen LogP contribution in [-0.4, -0.2) is 19.1 Å². The lowest BCUT2D eigenvalue weighted by molar-refractivity contribution is 0.636. The molecule has 0 aliphatic rings. The molecule has 0 fully saturated rings. The summed E-state index contributed by atoms with van der Waals surface area (Å²) in [6, 6.07) is 7.67. The SMILES string of the molecule is CC(C)Cc1cc(=O)c2cc(N(C)C)ccc2[nH]1. The van der Waals surface area contributed by atoms with Gasteiger partial charge >= 0.3 is 0 Å². The highest BCUT2D eigenvalue weighted by Gasteiger charge is 2.05. The smallest absolute Gasteiger partial charge is 0.189 e. The number of fused-ring (bicyclic) bond motifs is 1. The van der Waals surface area contributed by atoms with Crippen molar-refractivity contribution in [3.63, 3.8) is 0 Å². The van der Waals surface area contributed by atoms with Crippen molar-refractivity contribution in [1.82, 2.24) is 4.98 Å². The second-order valence-electron chi connectivity index (χ2n) is 5.38. The first-order valence-corrected chi connectivity index (χ1v) is 6.30. The molecule has 1 heterocycles. The molecule has 0 radical (unpaired) electrons. The molecule has 0 saturated carbocycles. The maximum atomic E-state index is 12.1. The van der Waals surface area contributed by atoms with Crippen LogP contribution in [0, 0.1) is 5.92 Å². The molecule has 0 bridgehead atoms. The van der Waals surface area contributed by atoms with Crippen molar-refractivity contribution in [2.24, 2.45) is 5.92 Å². The van der Waals surface area contributed by atoms with Crippen LogP contribution in [0.25, 0.3) is 10.9 Å². The van der Waals surface area contributed by atoms with Gasteiger partial charge in [-0.15, -0.1) is 0 Å². The fraction of sp³-hybridized carbons (Fsp3) is 0.400. The average molecular weight is 244 g/mol. The van der Waals surface area contributed by atoms with E-state index >= 15 is 0 Å². The zero-order valence-corrected chi connectivity index (χ0v) is 11.4. The Kier molecular flexibility index (Phi) is 3.41. The van der Waals surface area contributed by atoms with E-state index in [2.05, 4.69) is 18.8 Å². The van der Waals surface area contributed by atoms with E-state index in [1.165, 1.54) is 0 Å². The van der Waals surface area contributed by atoms with Gasteiger partial charge in [0.15, 0.2) is 5.43 Å². The molecule has 1 aromatic carbocycles. The summed E-state index contributed by atoms with van der Waals surface area (Å²) in [5, 5.41) is 0.758. The first kappa shape index (κ1) is 12.7. The van der Waals surface area contributed by atoms with Gasteiger partial charge in [0, 0.05) is 42.4 Å². The number of aromatic nitrogens is 1. The molecule has 0 amide bonds. The molecular weight excluding hydrogens is 224 g/mol. The van der Waals surface area contributed by atoms with E-state index in [-0.39, 0.29) is 5.43 Å². The Morgan fingerprint density at radius 3 is 2.56 bits per heavy atom. The van der Waals surface area contributed by atoms with Crippen LogP contribution in [0.15, 0.2) is 29.1 Å². The van der Waals surface area contributed by atoms with E-state index in [0.29, 0.717) is 5.92 Å². The summed E-state index contributed by atoms with van der Waals surface area (Å²) in [6.45, 7) is 4.30. The molecule has 1 aromatic heterocycles. The van der Waals surface area contributed by atoms with Crippen molar-refractivity contribution in [3.8, 4) is 0 Å². The van der Waals surface area contributed by atoms with Crippen LogP contribution in [0.1, 0.15) is 19.5 Å². The molecule has 0 unspecified atom stereocenters. The van der Waals surface area contributed by atoms with E-state index in [1.807, 2.05) is 37.2 Å². The highest BCUT2D eigenvalue weighted by Crippen LogP contribution is 2.17. The fourth-order valence-electron chi connectivity index (χ4n) is 2.12. The zero-order chi connectivity index (χ0) is 13.3. The standard InChI is InChI=1S/C15H20N2O/c1-10(2)7-11-8-15(18)13-9-12(17(3)4)5-6-14(13)16-11/h5-6,8-10H,7H2,1-4H3,(H,16,18). The molecule has 2 rings (SSSR count). The third-order valence-corrected chi connectivity index (χ3v) is 3.01. The summed E-state index contributed by atoms with van der Waals surface area (Å²) in [4.78, 5) is 17.5. The predicted molar refractivity (Wildman–Crippen MR) is 77.4 cm³/mol. The number of rotatable bonds is 3. The molecule has 0 saturated heterocycles. The van der Waals surface area contributed by atoms with Crippen LogP contribution < -0.4 is 10.3 Å². The van der Waals surface area contributed by atoms with Gasteiger partial charge in [0.2, 0.25) is 0 Å². The summed E-state index contributed by atoms with van der Waals surface area (Å²) < 4.78 is 0. The fourth-order valence-corrected chi connectivity index (χ4v) is 2.12. The highest BCUT2D eigenvalue weighted by molar-refractivity contribution is 5.82. The molecule has 0 aliphatic carbocycles. The second-order valence-corrected chi connectivity index (χ2v) is 5.38. The Balaban J connectivity index is 2.55. The first-order chi connectivity index (χ1) is 8.47. The number of nitrogens with zero attached hydrogens (tertiary/aromatic N) is 1. The van der Waals surface area contributed by atoms with Crippen molar-refractivity contribution in [2.75, 3.05) is 19.0 Å². The number of aromatic amines is 1. The van der Waals surface area contributed by atoms with Gasteiger partial charge in [-0.05, 0) is 30.5 Å². The summed E-state index contributed by atoms with van der Waals surface area (Å²) in [5.74, 6) is 0.541. The molecule has 1 N–H and O–H groups in total. The number of H-pyrrole nitrogens is 1. The normalized spacial score (nSPS) is 11.2. The Hall–Kier alpha value is -1.77. The van der Waals surface area contributed by atoms with Crippen LogP contribution in [-0.2, 0) is 6.42 Å². The molecular formula is C15H20N2O. The number of hydrogen-bond acceptors (Lipinski definition) is 2. The van der Waals surface area contributed by atoms with E-state index in [0.717, 1.165) is 28.7 Å². The molecule has 0 aliphatic heterocycles. The maximum absolute atomic E-state index is 12.1. The van der Waals surface area contributed by atoms with Crippen molar-refractivity contribution in [3.05, 3.63) is 40.2 Å². The third-order valence-electron chi connectivity index (χ3n) is 3.01. The minimum absolute atomic E-state index is 0.100. The number of anilines is 1.